The Kier molecular flexibility index (Phi) is 3.67. The van der Waals surface area contributed by atoms with Gasteiger partial charge in [-0.05, 0) is 12.1 Å². The molecule has 26 heavy (non-hydrogen) atoms. The second kappa shape index (κ2) is 5.90. The highest BCUT2D eigenvalue weighted by molar-refractivity contribution is 6.52. The zero-order valence-corrected chi connectivity index (χ0v) is 13.0. The molecular weight excluding hydrogens is 348 g/mol. The molecular formula is C16H9BF3N4O2. The molecule has 129 valence electrons. The predicted octanol–water partition coefficient (Wildman–Crippen LogP) is 2.19. The number of hydrogen-bond donors (Lipinski definition) is 1. The van der Waals surface area contributed by atoms with E-state index in [1.165, 1.54) is 4.48 Å². The molecule has 4 aromatic rings. The van der Waals surface area contributed by atoms with Crippen molar-refractivity contribution in [2.45, 2.75) is 6.18 Å². The summed E-state index contributed by atoms with van der Waals surface area (Å²) in [7, 11) is 1.63. The fraction of sp³-hybridized carbons (Fsp3) is 0.0625. The summed E-state index contributed by atoms with van der Waals surface area (Å²) >= 11 is 0. The standard InChI is InChI=1S/C16H9BF3N4O2/c18-16(19,20)14-22-13(23-26-14)9-5-7-10(8-6-9)17-24-12-4-2-1-3-11(12)21-15(24)25/h1-8H,(H,21,25). The van der Waals surface area contributed by atoms with Crippen LogP contribution in [0.3, 0.4) is 0 Å². The Labute approximate surface area is 144 Å². The van der Waals surface area contributed by atoms with Crippen molar-refractivity contribution in [2.24, 2.45) is 0 Å². The molecule has 2 heterocycles. The van der Waals surface area contributed by atoms with E-state index in [1.807, 2.05) is 12.1 Å². The van der Waals surface area contributed by atoms with Crippen LogP contribution in [0.2, 0.25) is 0 Å². The molecule has 0 aliphatic heterocycles. The zero-order chi connectivity index (χ0) is 18.3. The molecule has 4 rings (SSSR count). The van der Waals surface area contributed by atoms with Crippen molar-refractivity contribution in [1.82, 2.24) is 19.6 Å². The fourth-order valence-corrected chi connectivity index (χ4v) is 2.53. The summed E-state index contributed by atoms with van der Waals surface area (Å²) in [4.78, 5) is 18.1. The monoisotopic (exact) mass is 357 g/mol. The van der Waals surface area contributed by atoms with Gasteiger partial charge in [-0.3, -0.25) is 0 Å². The average Bonchev–Trinajstić information content (AvgIpc) is 3.21. The Morgan fingerprint density at radius 2 is 1.81 bits per heavy atom. The highest BCUT2D eigenvalue weighted by atomic mass is 19.4. The van der Waals surface area contributed by atoms with Crippen molar-refractivity contribution in [3.8, 4) is 11.4 Å². The average molecular weight is 357 g/mol. The third-order valence-electron chi connectivity index (χ3n) is 3.74. The minimum atomic E-state index is -4.69. The van der Waals surface area contributed by atoms with Gasteiger partial charge in [0, 0.05) is 5.56 Å². The van der Waals surface area contributed by atoms with Gasteiger partial charge in [0.05, 0.1) is 11.0 Å². The molecule has 0 aliphatic rings. The number of aromatic nitrogens is 4. The Morgan fingerprint density at radius 3 is 2.50 bits per heavy atom. The Hall–Kier alpha value is -3.30. The van der Waals surface area contributed by atoms with Crippen LogP contribution in [0.25, 0.3) is 22.4 Å². The molecule has 0 atom stereocenters. The lowest BCUT2D eigenvalue weighted by Crippen LogP contribution is -2.30. The van der Waals surface area contributed by atoms with E-state index in [1.54, 1.807) is 43.8 Å². The molecule has 6 nitrogen and oxygen atoms in total. The number of alkyl halides is 3. The topological polar surface area (TPSA) is 76.7 Å². The number of para-hydroxylation sites is 2. The second-order valence-electron chi connectivity index (χ2n) is 5.49. The molecule has 0 amide bonds. The van der Waals surface area contributed by atoms with Crippen molar-refractivity contribution >= 4 is 23.9 Å². The van der Waals surface area contributed by atoms with Gasteiger partial charge in [0.15, 0.2) is 0 Å². The van der Waals surface area contributed by atoms with Gasteiger partial charge in [0.1, 0.15) is 0 Å². The van der Waals surface area contributed by atoms with Crippen molar-refractivity contribution in [3.05, 3.63) is 64.9 Å². The summed E-state index contributed by atoms with van der Waals surface area (Å²) in [5.41, 5.74) is 2.18. The number of nitrogens with zero attached hydrogens (tertiary/aromatic N) is 3. The summed E-state index contributed by atoms with van der Waals surface area (Å²) in [6, 6.07) is 13.6. The summed E-state index contributed by atoms with van der Waals surface area (Å²) in [6.07, 6.45) is -4.69. The third-order valence-corrected chi connectivity index (χ3v) is 3.74. The van der Waals surface area contributed by atoms with E-state index < -0.39 is 12.1 Å². The van der Waals surface area contributed by atoms with E-state index in [-0.39, 0.29) is 11.5 Å². The van der Waals surface area contributed by atoms with Gasteiger partial charge >= 0.3 is 17.8 Å². The molecule has 2 aromatic carbocycles. The first-order chi connectivity index (χ1) is 12.4. The molecule has 0 aliphatic carbocycles. The van der Waals surface area contributed by atoms with E-state index >= 15 is 0 Å². The minimum Gasteiger partial charge on any atom is -0.337 e. The van der Waals surface area contributed by atoms with Crippen LogP contribution in [0, 0.1) is 0 Å². The van der Waals surface area contributed by atoms with E-state index in [0.29, 0.717) is 16.5 Å². The van der Waals surface area contributed by atoms with Crippen molar-refractivity contribution in [1.29, 1.82) is 0 Å². The number of imidazole rings is 1. The predicted molar refractivity (Wildman–Crippen MR) is 88.1 cm³/mol. The number of hydrogen-bond acceptors (Lipinski definition) is 4. The van der Waals surface area contributed by atoms with Gasteiger partial charge in [-0.25, -0.2) is 4.79 Å². The first-order valence-electron chi connectivity index (χ1n) is 7.47. The van der Waals surface area contributed by atoms with Gasteiger partial charge in [0.25, 0.3) is 7.41 Å². The van der Waals surface area contributed by atoms with Crippen molar-refractivity contribution in [2.75, 3.05) is 0 Å². The van der Waals surface area contributed by atoms with Crippen LogP contribution in [0.5, 0.6) is 0 Å². The highest BCUT2D eigenvalue weighted by Gasteiger charge is 2.38. The Bertz CT molecular complexity index is 1130. The molecule has 0 bridgehead atoms. The van der Waals surface area contributed by atoms with Gasteiger partial charge in [0.2, 0.25) is 5.82 Å². The van der Waals surface area contributed by atoms with Crippen LogP contribution in [0.1, 0.15) is 5.89 Å². The van der Waals surface area contributed by atoms with Gasteiger partial charge in [-0.2, -0.15) is 18.2 Å². The largest absolute Gasteiger partial charge is 0.471 e. The van der Waals surface area contributed by atoms with Crippen LogP contribution in [0.4, 0.5) is 13.2 Å². The fourth-order valence-electron chi connectivity index (χ4n) is 2.53. The lowest BCUT2D eigenvalue weighted by atomic mass is 9.82. The van der Waals surface area contributed by atoms with Crippen LogP contribution in [-0.4, -0.2) is 27.0 Å². The molecule has 1 N–H and O–H groups in total. The Balaban J connectivity index is 1.61. The maximum Gasteiger partial charge on any atom is 0.471 e. The summed E-state index contributed by atoms with van der Waals surface area (Å²) in [5.74, 6) is -1.55. The van der Waals surface area contributed by atoms with Gasteiger partial charge in [-0.1, -0.05) is 47.0 Å². The second-order valence-corrected chi connectivity index (χ2v) is 5.49. The van der Waals surface area contributed by atoms with Crippen molar-refractivity contribution < 1.29 is 17.7 Å². The number of nitrogens with one attached hydrogen (secondary N) is 1. The quantitative estimate of drug-likeness (QED) is 0.571. The van der Waals surface area contributed by atoms with E-state index in [0.717, 1.165) is 5.52 Å². The molecule has 2 aromatic heterocycles. The maximum atomic E-state index is 12.5. The normalized spacial score (nSPS) is 11.8. The number of aromatic amines is 1. The van der Waals surface area contributed by atoms with Crippen molar-refractivity contribution in [3.63, 3.8) is 0 Å². The summed E-state index contributed by atoms with van der Waals surface area (Å²) in [5, 5.41) is 3.34. The van der Waals surface area contributed by atoms with Crippen LogP contribution in [-0.2, 0) is 6.18 Å². The third kappa shape index (κ3) is 2.89. The number of fused-ring (bicyclic) bond motifs is 1. The number of halogens is 3. The number of rotatable bonds is 3. The SMILES string of the molecule is O=c1[nH]c2ccccc2n1[B]c1ccc(-c2noc(C(F)(F)F)n2)cc1. The van der Waals surface area contributed by atoms with E-state index in [4.69, 9.17) is 0 Å². The molecule has 0 saturated carbocycles. The lowest BCUT2D eigenvalue weighted by molar-refractivity contribution is -0.159. The molecule has 10 heteroatoms. The first kappa shape index (κ1) is 16.2. The number of benzene rings is 2. The van der Waals surface area contributed by atoms with Crippen LogP contribution < -0.4 is 11.2 Å². The molecule has 0 fully saturated rings. The van der Waals surface area contributed by atoms with Crippen LogP contribution in [0.15, 0.2) is 57.8 Å². The molecule has 0 spiro atoms. The minimum absolute atomic E-state index is 0.159. The zero-order valence-electron chi connectivity index (χ0n) is 13.0. The van der Waals surface area contributed by atoms with Gasteiger partial charge in [-0.15, -0.1) is 0 Å². The van der Waals surface area contributed by atoms with E-state index in [2.05, 4.69) is 19.6 Å². The van der Waals surface area contributed by atoms with Gasteiger partial charge < -0.3 is 14.0 Å². The maximum absolute atomic E-state index is 12.5. The Morgan fingerprint density at radius 1 is 1.08 bits per heavy atom. The molecule has 0 unspecified atom stereocenters. The summed E-state index contributed by atoms with van der Waals surface area (Å²) < 4.78 is 43.2. The highest BCUT2D eigenvalue weighted by Crippen LogP contribution is 2.29. The molecule has 0 saturated heterocycles. The molecule has 1 radical (unpaired) electrons. The number of H-pyrrole nitrogens is 1. The summed E-state index contributed by atoms with van der Waals surface area (Å²) in [6.45, 7) is 0. The smallest absolute Gasteiger partial charge is 0.337 e. The van der Waals surface area contributed by atoms with E-state index in [9.17, 15) is 18.0 Å². The lowest BCUT2D eigenvalue weighted by Gasteiger charge is -2.02. The van der Waals surface area contributed by atoms with Crippen LogP contribution >= 0.6 is 0 Å². The first-order valence-corrected chi connectivity index (χ1v) is 7.47.